The summed E-state index contributed by atoms with van der Waals surface area (Å²) in [6.45, 7) is 4.36. The van der Waals surface area contributed by atoms with Crippen molar-refractivity contribution in [2.24, 2.45) is 5.92 Å². The minimum Gasteiger partial charge on any atom is -0.396 e. The number of nitrogens with one attached hydrogen (secondary N) is 2. The van der Waals surface area contributed by atoms with Crippen LogP contribution in [0.5, 0.6) is 0 Å². The maximum Gasteiger partial charge on any atom is 0.223 e. The predicted molar refractivity (Wildman–Crippen MR) is 78.1 cm³/mol. The van der Waals surface area contributed by atoms with E-state index in [1.807, 2.05) is 13.8 Å². The Balaban J connectivity index is 2.23. The van der Waals surface area contributed by atoms with Crippen LogP contribution in [0.3, 0.4) is 0 Å². The maximum absolute atomic E-state index is 11.9. The molecular weight excluding hydrogens is 256 g/mol. The van der Waals surface area contributed by atoms with Gasteiger partial charge in [0.05, 0.1) is 0 Å². The maximum atomic E-state index is 11.9. The number of amides is 2. The Kier molecular flexibility index (Phi) is 6.99. The van der Waals surface area contributed by atoms with Crippen LogP contribution in [0.15, 0.2) is 0 Å². The second-order valence-electron chi connectivity index (χ2n) is 5.96. The van der Waals surface area contributed by atoms with E-state index in [0.29, 0.717) is 19.4 Å². The smallest absolute Gasteiger partial charge is 0.223 e. The van der Waals surface area contributed by atoms with Gasteiger partial charge < -0.3 is 15.7 Å². The van der Waals surface area contributed by atoms with Crippen LogP contribution in [0.2, 0.25) is 0 Å². The molecule has 1 rings (SSSR count). The van der Waals surface area contributed by atoms with Crippen LogP contribution in [0.1, 0.15) is 58.8 Å². The molecule has 1 atom stereocenters. The second-order valence-corrected chi connectivity index (χ2v) is 5.96. The number of aliphatic hydroxyl groups excluding tert-OH is 1. The van der Waals surface area contributed by atoms with Crippen LogP contribution in [0.25, 0.3) is 0 Å². The molecule has 3 N–H and O–H groups in total. The average molecular weight is 284 g/mol. The summed E-state index contributed by atoms with van der Waals surface area (Å²) in [5, 5.41) is 14.8. The van der Waals surface area contributed by atoms with Crippen molar-refractivity contribution in [1.29, 1.82) is 0 Å². The fourth-order valence-corrected chi connectivity index (χ4v) is 2.61. The number of hydrogen-bond donors (Lipinski definition) is 3. The zero-order chi connectivity index (χ0) is 15.0. The van der Waals surface area contributed by atoms with Gasteiger partial charge in [-0.15, -0.1) is 0 Å². The standard InChI is InChI=1S/C15H28N2O3/c1-3-15(2,9-11-18)17-13(19)8-10-16-14(20)12-6-4-5-7-12/h12,18H,3-11H2,1-2H3,(H,16,20)(H,17,19). The quantitative estimate of drug-likeness (QED) is 0.629. The molecule has 1 unspecified atom stereocenters. The summed E-state index contributed by atoms with van der Waals surface area (Å²) < 4.78 is 0. The van der Waals surface area contributed by atoms with Gasteiger partial charge in [-0.2, -0.15) is 0 Å². The predicted octanol–water partition coefficient (Wildman–Crippen LogP) is 1.35. The largest absolute Gasteiger partial charge is 0.396 e. The number of carbonyl (C=O) groups is 2. The molecular formula is C15H28N2O3. The Morgan fingerprint density at radius 2 is 1.95 bits per heavy atom. The normalized spacial score (nSPS) is 18.6. The molecule has 0 spiro atoms. The van der Waals surface area contributed by atoms with Crippen molar-refractivity contribution in [2.45, 2.75) is 64.3 Å². The highest BCUT2D eigenvalue weighted by Crippen LogP contribution is 2.24. The third-order valence-corrected chi connectivity index (χ3v) is 4.26. The second kappa shape index (κ2) is 8.25. The van der Waals surface area contributed by atoms with Crippen molar-refractivity contribution in [3.05, 3.63) is 0 Å². The number of aliphatic hydroxyl groups is 1. The summed E-state index contributed by atoms with van der Waals surface area (Å²) in [7, 11) is 0. The molecule has 0 aromatic carbocycles. The van der Waals surface area contributed by atoms with Gasteiger partial charge in [-0.05, 0) is 32.6 Å². The molecule has 0 radical (unpaired) electrons. The fourth-order valence-electron chi connectivity index (χ4n) is 2.61. The van der Waals surface area contributed by atoms with E-state index in [1.54, 1.807) is 0 Å². The van der Waals surface area contributed by atoms with E-state index in [-0.39, 0.29) is 29.9 Å². The molecule has 1 aliphatic rings. The van der Waals surface area contributed by atoms with Crippen molar-refractivity contribution in [3.8, 4) is 0 Å². The molecule has 1 aliphatic carbocycles. The summed E-state index contributed by atoms with van der Waals surface area (Å²) in [6, 6.07) is 0. The van der Waals surface area contributed by atoms with Gasteiger partial charge in [-0.25, -0.2) is 0 Å². The third kappa shape index (κ3) is 5.49. The topological polar surface area (TPSA) is 78.4 Å². The van der Waals surface area contributed by atoms with Gasteiger partial charge in [0.25, 0.3) is 0 Å². The molecule has 116 valence electrons. The highest BCUT2D eigenvalue weighted by atomic mass is 16.3. The average Bonchev–Trinajstić information content (AvgIpc) is 2.92. The Hall–Kier alpha value is -1.10. The lowest BCUT2D eigenvalue weighted by Gasteiger charge is -2.29. The number of carbonyl (C=O) groups excluding carboxylic acids is 2. The zero-order valence-electron chi connectivity index (χ0n) is 12.7. The highest BCUT2D eigenvalue weighted by Gasteiger charge is 2.24. The van der Waals surface area contributed by atoms with Crippen molar-refractivity contribution < 1.29 is 14.7 Å². The van der Waals surface area contributed by atoms with Gasteiger partial charge in [-0.3, -0.25) is 9.59 Å². The van der Waals surface area contributed by atoms with E-state index >= 15 is 0 Å². The first-order valence-electron chi connectivity index (χ1n) is 7.70. The summed E-state index contributed by atoms with van der Waals surface area (Å²) in [5.74, 6) is 0.159. The van der Waals surface area contributed by atoms with Gasteiger partial charge in [0.1, 0.15) is 0 Å². The molecule has 5 heteroatoms. The van der Waals surface area contributed by atoms with Gasteiger partial charge in [0, 0.05) is 31.0 Å². The van der Waals surface area contributed by atoms with Crippen molar-refractivity contribution in [3.63, 3.8) is 0 Å². The van der Waals surface area contributed by atoms with Crippen LogP contribution in [0.4, 0.5) is 0 Å². The van der Waals surface area contributed by atoms with Crippen LogP contribution in [-0.2, 0) is 9.59 Å². The van der Waals surface area contributed by atoms with E-state index in [2.05, 4.69) is 10.6 Å². The number of hydrogen-bond acceptors (Lipinski definition) is 3. The summed E-state index contributed by atoms with van der Waals surface area (Å²) in [6.07, 6.45) is 5.82. The zero-order valence-corrected chi connectivity index (χ0v) is 12.7. The van der Waals surface area contributed by atoms with Gasteiger partial charge >= 0.3 is 0 Å². The van der Waals surface area contributed by atoms with Crippen LogP contribution in [0, 0.1) is 5.92 Å². The molecule has 0 bridgehead atoms. The van der Waals surface area contributed by atoms with E-state index in [9.17, 15) is 9.59 Å². The van der Waals surface area contributed by atoms with Gasteiger partial charge in [0.15, 0.2) is 0 Å². The van der Waals surface area contributed by atoms with Crippen LogP contribution < -0.4 is 10.6 Å². The molecule has 0 aliphatic heterocycles. The third-order valence-electron chi connectivity index (χ3n) is 4.26. The summed E-state index contributed by atoms with van der Waals surface area (Å²) >= 11 is 0. The first kappa shape index (κ1) is 17.0. The lowest BCUT2D eigenvalue weighted by atomic mass is 9.95. The Morgan fingerprint density at radius 1 is 1.30 bits per heavy atom. The molecule has 0 saturated heterocycles. The van der Waals surface area contributed by atoms with E-state index in [0.717, 1.165) is 32.1 Å². The molecule has 5 nitrogen and oxygen atoms in total. The Labute approximate surface area is 121 Å². The fraction of sp³-hybridized carbons (Fsp3) is 0.867. The molecule has 0 aromatic rings. The van der Waals surface area contributed by atoms with E-state index in [1.165, 1.54) is 0 Å². The molecule has 1 fully saturated rings. The molecule has 1 saturated carbocycles. The van der Waals surface area contributed by atoms with Gasteiger partial charge in [-0.1, -0.05) is 19.8 Å². The van der Waals surface area contributed by atoms with Crippen molar-refractivity contribution >= 4 is 11.8 Å². The molecule has 2 amide bonds. The van der Waals surface area contributed by atoms with E-state index < -0.39 is 0 Å². The molecule has 20 heavy (non-hydrogen) atoms. The van der Waals surface area contributed by atoms with Gasteiger partial charge in [0.2, 0.25) is 11.8 Å². The van der Waals surface area contributed by atoms with Crippen LogP contribution in [-0.4, -0.2) is 35.6 Å². The summed E-state index contributed by atoms with van der Waals surface area (Å²) in [4.78, 5) is 23.6. The lowest BCUT2D eigenvalue weighted by molar-refractivity contribution is -0.125. The summed E-state index contributed by atoms with van der Waals surface area (Å²) in [5.41, 5.74) is -0.360. The minimum atomic E-state index is -0.360. The highest BCUT2D eigenvalue weighted by molar-refractivity contribution is 5.80. The van der Waals surface area contributed by atoms with Crippen molar-refractivity contribution in [2.75, 3.05) is 13.2 Å². The van der Waals surface area contributed by atoms with Crippen molar-refractivity contribution in [1.82, 2.24) is 10.6 Å². The first-order valence-corrected chi connectivity index (χ1v) is 7.70. The minimum absolute atomic E-state index is 0.0586. The SMILES string of the molecule is CCC(C)(CCO)NC(=O)CCNC(=O)C1CCCC1. The lowest BCUT2D eigenvalue weighted by Crippen LogP contribution is -2.47. The first-order chi connectivity index (χ1) is 9.50. The Morgan fingerprint density at radius 3 is 2.50 bits per heavy atom. The monoisotopic (exact) mass is 284 g/mol. The number of rotatable bonds is 8. The van der Waals surface area contributed by atoms with E-state index in [4.69, 9.17) is 5.11 Å². The molecule has 0 heterocycles. The Bertz CT molecular complexity index is 327. The molecule has 0 aromatic heterocycles. The van der Waals surface area contributed by atoms with Crippen LogP contribution >= 0.6 is 0 Å².